The van der Waals surface area contributed by atoms with E-state index in [4.69, 9.17) is 4.74 Å². The van der Waals surface area contributed by atoms with Gasteiger partial charge in [0.2, 0.25) is 0 Å². The molecule has 0 spiro atoms. The molecule has 2 aromatic carbocycles. The average Bonchev–Trinajstić information content (AvgIpc) is 3.16. The van der Waals surface area contributed by atoms with Gasteiger partial charge in [0.1, 0.15) is 5.75 Å². The fraction of sp³-hybridized carbons (Fsp3) is 0.333. The number of aromatic carboxylic acids is 1. The summed E-state index contributed by atoms with van der Waals surface area (Å²) in [5.41, 5.74) is 2.61. The maximum absolute atomic E-state index is 12.6. The molecule has 0 saturated heterocycles. The highest BCUT2D eigenvalue weighted by Gasteiger charge is 2.13. The second-order valence-electron chi connectivity index (χ2n) is 7.44. The molecule has 0 fully saturated rings. The van der Waals surface area contributed by atoms with Crippen LogP contribution in [0.1, 0.15) is 53.0 Å². The van der Waals surface area contributed by atoms with Gasteiger partial charge in [-0.05, 0) is 41.6 Å². The van der Waals surface area contributed by atoms with E-state index in [1.807, 2.05) is 35.0 Å². The Bertz CT molecular complexity index is 1050. The van der Waals surface area contributed by atoms with Crippen molar-refractivity contribution in [1.82, 2.24) is 9.88 Å². The zero-order valence-corrected chi connectivity index (χ0v) is 17.6. The molecule has 158 valence electrons. The molecule has 3 aromatic rings. The average molecular weight is 408 g/mol. The Morgan fingerprint density at radius 3 is 2.47 bits per heavy atom. The number of nitrogens with zero attached hydrogens (tertiary/aromatic N) is 1. The van der Waals surface area contributed by atoms with Gasteiger partial charge in [-0.1, -0.05) is 38.8 Å². The van der Waals surface area contributed by atoms with Gasteiger partial charge in [0.25, 0.3) is 5.91 Å². The lowest BCUT2D eigenvalue weighted by atomic mass is 10.0. The minimum absolute atomic E-state index is 0.0695. The SMILES string of the molecule is CCC(CC)CNC(=O)c1ccc2ccn(Cc3ccc(C(=O)O)cc3OC)c2c1. The molecule has 1 amide bonds. The summed E-state index contributed by atoms with van der Waals surface area (Å²) in [5, 5.41) is 13.3. The number of carbonyl (C=O) groups excluding carboxylic acids is 1. The van der Waals surface area contributed by atoms with E-state index in [2.05, 4.69) is 19.2 Å². The number of aromatic nitrogens is 1. The van der Waals surface area contributed by atoms with E-state index >= 15 is 0 Å². The van der Waals surface area contributed by atoms with Gasteiger partial charge in [-0.25, -0.2) is 4.79 Å². The zero-order chi connectivity index (χ0) is 21.7. The number of hydrogen-bond acceptors (Lipinski definition) is 3. The van der Waals surface area contributed by atoms with Crippen LogP contribution in [0.3, 0.4) is 0 Å². The van der Waals surface area contributed by atoms with Crippen molar-refractivity contribution >= 4 is 22.8 Å². The Kier molecular flexibility index (Phi) is 6.77. The fourth-order valence-corrected chi connectivity index (χ4v) is 3.57. The van der Waals surface area contributed by atoms with Gasteiger partial charge in [-0.2, -0.15) is 0 Å². The molecule has 6 nitrogen and oxygen atoms in total. The fourth-order valence-electron chi connectivity index (χ4n) is 3.57. The van der Waals surface area contributed by atoms with Crippen LogP contribution >= 0.6 is 0 Å². The Morgan fingerprint density at radius 2 is 1.80 bits per heavy atom. The van der Waals surface area contributed by atoms with Gasteiger partial charge < -0.3 is 19.7 Å². The van der Waals surface area contributed by atoms with Crippen LogP contribution in [-0.2, 0) is 6.54 Å². The summed E-state index contributed by atoms with van der Waals surface area (Å²) in [7, 11) is 1.53. The van der Waals surface area contributed by atoms with Crippen LogP contribution in [0.4, 0.5) is 0 Å². The van der Waals surface area contributed by atoms with E-state index in [-0.39, 0.29) is 11.5 Å². The summed E-state index contributed by atoms with van der Waals surface area (Å²) in [5.74, 6) is -0.0474. The van der Waals surface area contributed by atoms with E-state index < -0.39 is 5.97 Å². The number of carbonyl (C=O) groups is 2. The molecular weight excluding hydrogens is 380 g/mol. The van der Waals surface area contributed by atoms with Crippen LogP contribution in [0.2, 0.25) is 0 Å². The van der Waals surface area contributed by atoms with Crippen LogP contribution in [0.15, 0.2) is 48.7 Å². The topological polar surface area (TPSA) is 80.6 Å². The number of hydrogen-bond donors (Lipinski definition) is 2. The molecule has 1 heterocycles. The molecule has 0 unspecified atom stereocenters. The summed E-state index contributed by atoms with van der Waals surface area (Å²) in [6.07, 6.45) is 4.05. The van der Waals surface area contributed by atoms with E-state index in [0.717, 1.165) is 29.3 Å². The summed E-state index contributed by atoms with van der Waals surface area (Å²) in [6.45, 7) is 5.45. The smallest absolute Gasteiger partial charge is 0.335 e. The van der Waals surface area contributed by atoms with Gasteiger partial charge in [0.15, 0.2) is 0 Å². The van der Waals surface area contributed by atoms with E-state index in [1.165, 1.54) is 13.2 Å². The van der Waals surface area contributed by atoms with Crippen LogP contribution < -0.4 is 10.1 Å². The van der Waals surface area contributed by atoms with Crippen LogP contribution in [-0.4, -0.2) is 35.2 Å². The Morgan fingerprint density at radius 1 is 1.07 bits per heavy atom. The predicted octanol–water partition coefficient (Wildman–Crippen LogP) is 4.56. The first-order chi connectivity index (χ1) is 14.5. The van der Waals surface area contributed by atoms with Gasteiger partial charge >= 0.3 is 5.97 Å². The van der Waals surface area contributed by atoms with Crippen LogP contribution in [0.5, 0.6) is 5.75 Å². The van der Waals surface area contributed by atoms with Gasteiger partial charge in [0.05, 0.1) is 19.2 Å². The van der Waals surface area contributed by atoms with Crippen molar-refractivity contribution in [3.63, 3.8) is 0 Å². The van der Waals surface area contributed by atoms with Crippen molar-refractivity contribution in [2.45, 2.75) is 33.2 Å². The second kappa shape index (κ2) is 9.48. The quantitative estimate of drug-likeness (QED) is 0.544. The summed E-state index contributed by atoms with van der Waals surface area (Å²) < 4.78 is 7.43. The molecule has 3 rings (SSSR count). The molecule has 0 bridgehead atoms. The Balaban J connectivity index is 1.85. The number of carboxylic acid groups (broad SMARTS) is 1. The maximum atomic E-state index is 12.6. The van der Waals surface area contributed by atoms with Crippen LogP contribution in [0.25, 0.3) is 10.9 Å². The van der Waals surface area contributed by atoms with Gasteiger partial charge in [-0.15, -0.1) is 0 Å². The monoisotopic (exact) mass is 408 g/mol. The molecule has 0 aliphatic carbocycles. The van der Waals surface area contributed by atoms with Gasteiger partial charge in [-0.3, -0.25) is 4.79 Å². The van der Waals surface area contributed by atoms with Crippen molar-refractivity contribution in [3.05, 3.63) is 65.4 Å². The molecule has 0 saturated carbocycles. The molecule has 1 aromatic heterocycles. The number of ether oxygens (including phenoxy) is 1. The van der Waals surface area contributed by atoms with E-state index in [9.17, 15) is 14.7 Å². The van der Waals surface area contributed by atoms with Crippen molar-refractivity contribution in [2.24, 2.45) is 5.92 Å². The third kappa shape index (κ3) is 4.64. The minimum atomic E-state index is -0.990. The number of carboxylic acids is 1. The lowest BCUT2D eigenvalue weighted by molar-refractivity contribution is 0.0696. The molecule has 0 radical (unpaired) electrons. The first-order valence-electron chi connectivity index (χ1n) is 10.2. The third-order valence-corrected chi connectivity index (χ3v) is 5.62. The highest BCUT2D eigenvalue weighted by atomic mass is 16.5. The normalized spacial score (nSPS) is 11.1. The lowest BCUT2D eigenvalue weighted by Gasteiger charge is -2.14. The molecule has 0 atom stereocenters. The number of rotatable bonds is 9. The maximum Gasteiger partial charge on any atom is 0.335 e. The van der Waals surface area contributed by atoms with E-state index in [1.54, 1.807) is 12.1 Å². The highest BCUT2D eigenvalue weighted by molar-refractivity contribution is 5.98. The molecule has 0 aliphatic heterocycles. The second-order valence-corrected chi connectivity index (χ2v) is 7.44. The van der Waals surface area contributed by atoms with Crippen molar-refractivity contribution < 1.29 is 19.4 Å². The molecule has 6 heteroatoms. The number of nitrogens with one attached hydrogen (secondary N) is 1. The summed E-state index contributed by atoms with van der Waals surface area (Å²) in [4.78, 5) is 23.8. The molecular formula is C24H28N2O4. The predicted molar refractivity (Wildman–Crippen MR) is 117 cm³/mol. The third-order valence-electron chi connectivity index (χ3n) is 5.62. The van der Waals surface area contributed by atoms with Crippen LogP contribution in [0, 0.1) is 5.92 Å². The number of methoxy groups -OCH3 is 1. The van der Waals surface area contributed by atoms with Crippen molar-refractivity contribution in [2.75, 3.05) is 13.7 Å². The Hall–Kier alpha value is -3.28. The van der Waals surface area contributed by atoms with Gasteiger partial charge in [0, 0.05) is 29.4 Å². The first-order valence-corrected chi connectivity index (χ1v) is 10.2. The van der Waals surface area contributed by atoms with Crippen molar-refractivity contribution in [1.29, 1.82) is 0 Å². The highest BCUT2D eigenvalue weighted by Crippen LogP contribution is 2.25. The first kappa shape index (κ1) is 21.4. The number of amides is 1. The summed E-state index contributed by atoms with van der Waals surface area (Å²) >= 11 is 0. The minimum Gasteiger partial charge on any atom is -0.496 e. The van der Waals surface area contributed by atoms with Crippen molar-refractivity contribution in [3.8, 4) is 5.75 Å². The number of fused-ring (bicyclic) bond motifs is 1. The largest absolute Gasteiger partial charge is 0.496 e. The lowest BCUT2D eigenvalue weighted by Crippen LogP contribution is -2.28. The zero-order valence-electron chi connectivity index (χ0n) is 17.6. The summed E-state index contributed by atoms with van der Waals surface area (Å²) in [6, 6.07) is 12.6. The Labute approximate surface area is 176 Å². The molecule has 0 aliphatic rings. The molecule has 2 N–H and O–H groups in total. The number of benzene rings is 2. The van der Waals surface area contributed by atoms with E-state index in [0.29, 0.717) is 30.3 Å². The molecule has 30 heavy (non-hydrogen) atoms. The standard InChI is InChI=1S/C24H28N2O4/c1-4-16(5-2)14-25-23(27)18-7-6-17-10-11-26(21(17)12-18)15-20-9-8-19(24(28)29)13-22(20)30-3/h6-13,16H,4-5,14-15H2,1-3H3,(H,25,27)(H,28,29).